The van der Waals surface area contributed by atoms with Gasteiger partial charge in [0.2, 0.25) is 0 Å². The number of aryl methyl sites for hydroxylation is 1. The second-order valence-electron chi connectivity index (χ2n) is 4.60. The highest BCUT2D eigenvalue weighted by Gasteiger charge is 2.16. The van der Waals surface area contributed by atoms with Crippen LogP contribution in [0.5, 0.6) is 0 Å². The van der Waals surface area contributed by atoms with E-state index in [0.29, 0.717) is 12.1 Å². The fourth-order valence-corrected chi connectivity index (χ4v) is 2.36. The Hall–Kier alpha value is -2.63. The summed E-state index contributed by atoms with van der Waals surface area (Å²) >= 11 is 0. The molecule has 0 bridgehead atoms. The predicted molar refractivity (Wildman–Crippen MR) is 74.2 cm³/mol. The van der Waals surface area contributed by atoms with Crippen molar-refractivity contribution in [1.82, 2.24) is 19.3 Å². The van der Waals surface area contributed by atoms with E-state index in [2.05, 4.69) is 10.1 Å². The van der Waals surface area contributed by atoms with Crippen LogP contribution in [0.3, 0.4) is 0 Å². The van der Waals surface area contributed by atoms with Gasteiger partial charge in [-0.15, -0.1) is 0 Å². The van der Waals surface area contributed by atoms with Crippen molar-refractivity contribution in [2.75, 3.05) is 0 Å². The van der Waals surface area contributed by atoms with Gasteiger partial charge in [-0.25, -0.2) is 14.5 Å². The number of imidazole rings is 1. The van der Waals surface area contributed by atoms with Crippen molar-refractivity contribution in [3.05, 3.63) is 42.0 Å². The number of hydrogen-bond acceptors (Lipinski definition) is 3. The van der Waals surface area contributed by atoms with Crippen molar-refractivity contribution in [2.24, 2.45) is 7.05 Å². The molecule has 0 fully saturated rings. The summed E-state index contributed by atoms with van der Waals surface area (Å²) in [6, 6.07) is 5.76. The maximum absolute atomic E-state index is 11.2. The van der Waals surface area contributed by atoms with E-state index in [0.717, 1.165) is 16.7 Å². The standard InChI is InChI=1S/C14H14N4O2/c1-3-12-10(14(19)20)7-16-18(12)9-4-5-11-13(6-9)17(2)8-15-11/h4-8H,3H2,1-2H3,(H,19,20). The number of rotatable bonds is 3. The van der Waals surface area contributed by atoms with E-state index in [4.69, 9.17) is 0 Å². The molecule has 3 aromatic rings. The minimum Gasteiger partial charge on any atom is -0.478 e. The lowest BCUT2D eigenvalue weighted by Gasteiger charge is -2.07. The average Bonchev–Trinajstić information content (AvgIpc) is 3.02. The van der Waals surface area contributed by atoms with Gasteiger partial charge in [0.25, 0.3) is 0 Å². The molecular formula is C14H14N4O2. The molecule has 0 aliphatic carbocycles. The summed E-state index contributed by atoms with van der Waals surface area (Å²) in [4.78, 5) is 15.5. The molecule has 0 saturated heterocycles. The van der Waals surface area contributed by atoms with Crippen LogP contribution >= 0.6 is 0 Å². The van der Waals surface area contributed by atoms with Crippen LogP contribution in [0, 0.1) is 0 Å². The molecule has 0 aliphatic rings. The highest BCUT2D eigenvalue weighted by Crippen LogP contribution is 2.20. The zero-order valence-corrected chi connectivity index (χ0v) is 11.2. The molecule has 1 aromatic carbocycles. The third-order valence-corrected chi connectivity index (χ3v) is 3.39. The van der Waals surface area contributed by atoms with Gasteiger partial charge >= 0.3 is 5.97 Å². The van der Waals surface area contributed by atoms with Crippen molar-refractivity contribution in [3.8, 4) is 5.69 Å². The summed E-state index contributed by atoms with van der Waals surface area (Å²) in [6.07, 6.45) is 3.75. The molecule has 0 atom stereocenters. The molecule has 2 aromatic heterocycles. The zero-order chi connectivity index (χ0) is 14.3. The topological polar surface area (TPSA) is 72.9 Å². The minimum atomic E-state index is -0.949. The van der Waals surface area contributed by atoms with Crippen LogP contribution in [0.4, 0.5) is 0 Å². The molecule has 0 aliphatic heterocycles. The number of carbonyl (C=O) groups is 1. The van der Waals surface area contributed by atoms with Gasteiger partial charge in [0.15, 0.2) is 0 Å². The number of hydrogen-bond donors (Lipinski definition) is 1. The first-order valence-corrected chi connectivity index (χ1v) is 6.33. The predicted octanol–water partition coefficient (Wildman–Crippen LogP) is 2.02. The van der Waals surface area contributed by atoms with E-state index in [1.165, 1.54) is 6.20 Å². The smallest absolute Gasteiger partial charge is 0.339 e. The lowest BCUT2D eigenvalue weighted by atomic mass is 10.2. The van der Waals surface area contributed by atoms with Crippen molar-refractivity contribution in [2.45, 2.75) is 13.3 Å². The fourth-order valence-electron chi connectivity index (χ4n) is 2.36. The first-order chi connectivity index (χ1) is 9.61. The molecule has 6 nitrogen and oxygen atoms in total. The summed E-state index contributed by atoms with van der Waals surface area (Å²) in [5.74, 6) is -0.949. The van der Waals surface area contributed by atoms with Crippen LogP contribution in [0.1, 0.15) is 23.0 Å². The number of carboxylic acids is 1. The Labute approximate surface area is 115 Å². The minimum absolute atomic E-state index is 0.248. The second kappa shape index (κ2) is 4.48. The van der Waals surface area contributed by atoms with Crippen molar-refractivity contribution in [3.63, 3.8) is 0 Å². The molecule has 1 N–H and O–H groups in total. The Morgan fingerprint density at radius 3 is 2.90 bits per heavy atom. The molecule has 0 radical (unpaired) electrons. The van der Waals surface area contributed by atoms with E-state index >= 15 is 0 Å². The lowest BCUT2D eigenvalue weighted by Crippen LogP contribution is -2.05. The van der Waals surface area contributed by atoms with Gasteiger partial charge in [0.05, 0.1) is 34.9 Å². The Morgan fingerprint density at radius 1 is 1.40 bits per heavy atom. The van der Waals surface area contributed by atoms with Gasteiger partial charge in [-0.3, -0.25) is 0 Å². The van der Waals surface area contributed by atoms with Gasteiger partial charge < -0.3 is 9.67 Å². The molecular weight excluding hydrogens is 256 g/mol. The fraction of sp³-hybridized carbons (Fsp3) is 0.214. The highest BCUT2D eigenvalue weighted by atomic mass is 16.4. The number of aromatic carboxylic acids is 1. The van der Waals surface area contributed by atoms with Crippen molar-refractivity contribution < 1.29 is 9.90 Å². The van der Waals surface area contributed by atoms with Crippen molar-refractivity contribution in [1.29, 1.82) is 0 Å². The Morgan fingerprint density at radius 2 is 2.20 bits per heavy atom. The maximum Gasteiger partial charge on any atom is 0.339 e. The number of fused-ring (bicyclic) bond motifs is 1. The quantitative estimate of drug-likeness (QED) is 0.790. The van der Waals surface area contributed by atoms with E-state index in [1.54, 1.807) is 11.0 Å². The average molecular weight is 270 g/mol. The zero-order valence-electron chi connectivity index (χ0n) is 11.2. The van der Waals surface area contributed by atoms with Gasteiger partial charge in [-0.1, -0.05) is 6.92 Å². The van der Waals surface area contributed by atoms with E-state index in [9.17, 15) is 9.90 Å². The molecule has 102 valence electrons. The number of nitrogens with zero attached hydrogens (tertiary/aromatic N) is 4. The second-order valence-corrected chi connectivity index (χ2v) is 4.60. The molecule has 20 heavy (non-hydrogen) atoms. The molecule has 2 heterocycles. The summed E-state index contributed by atoms with van der Waals surface area (Å²) in [5, 5.41) is 13.4. The van der Waals surface area contributed by atoms with Crippen LogP contribution in [-0.4, -0.2) is 30.4 Å². The van der Waals surface area contributed by atoms with Gasteiger partial charge in [0.1, 0.15) is 5.56 Å². The van der Waals surface area contributed by atoms with Gasteiger partial charge in [0, 0.05) is 7.05 Å². The number of carboxylic acid groups (broad SMARTS) is 1. The number of benzene rings is 1. The first-order valence-electron chi connectivity index (χ1n) is 6.33. The largest absolute Gasteiger partial charge is 0.478 e. The first kappa shape index (κ1) is 12.4. The van der Waals surface area contributed by atoms with E-state index in [-0.39, 0.29) is 5.56 Å². The van der Waals surface area contributed by atoms with Crippen LogP contribution < -0.4 is 0 Å². The SMILES string of the molecule is CCc1c(C(=O)O)cnn1-c1ccc2ncn(C)c2c1. The number of aromatic nitrogens is 4. The van der Waals surface area contributed by atoms with Crippen molar-refractivity contribution >= 4 is 17.0 Å². The Bertz CT molecular complexity index is 801. The normalized spacial score (nSPS) is 11.1. The van der Waals surface area contributed by atoms with Gasteiger partial charge in [-0.05, 0) is 24.6 Å². The summed E-state index contributed by atoms with van der Waals surface area (Å²) in [7, 11) is 1.92. The molecule has 0 saturated carbocycles. The molecule has 3 rings (SSSR count). The third-order valence-electron chi connectivity index (χ3n) is 3.39. The van der Waals surface area contributed by atoms with Gasteiger partial charge in [-0.2, -0.15) is 5.10 Å². The molecule has 0 unspecified atom stereocenters. The Balaban J connectivity index is 2.19. The summed E-state index contributed by atoms with van der Waals surface area (Å²) in [6.45, 7) is 1.92. The maximum atomic E-state index is 11.2. The monoisotopic (exact) mass is 270 g/mol. The van der Waals surface area contributed by atoms with Crippen LogP contribution in [0.15, 0.2) is 30.7 Å². The van der Waals surface area contributed by atoms with Crippen LogP contribution in [-0.2, 0) is 13.5 Å². The van der Waals surface area contributed by atoms with E-state index < -0.39 is 5.97 Å². The van der Waals surface area contributed by atoms with E-state index in [1.807, 2.05) is 36.7 Å². The third kappa shape index (κ3) is 1.77. The highest BCUT2D eigenvalue weighted by molar-refractivity contribution is 5.89. The lowest BCUT2D eigenvalue weighted by molar-refractivity contribution is 0.0695. The van der Waals surface area contributed by atoms with Crippen LogP contribution in [0.25, 0.3) is 16.7 Å². The van der Waals surface area contributed by atoms with Crippen LogP contribution in [0.2, 0.25) is 0 Å². The summed E-state index contributed by atoms with van der Waals surface area (Å²) in [5.41, 5.74) is 3.67. The summed E-state index contributed by atoms with van der Waals surface area (Å²) < 4.78 is 3.60. The Kier molecular flexibility index (Phi) is 2.78. The molecule has 6 heteroatoms. The molecule has 0 amide bonds. The molecule has 0 spiro atoms.